The Hall–Kier alpha value is -2.84. The van der Waals surface area contributed by atoms with Crippen LogP contribution in [0.25, 0.3) is 0 Å². The van der Waals surface area contributed by atoms with Crippen LogP contribution in [0.1, 0.15) is 35.1 Å². The summed E-state index contributed by atoms with van der Waals surface area (Å²) < 4.78 is 10.7. The van der Waals surface area contributed by atoms with Gasteiger partial charge in [0.15, 0.2) is 11.5 Å². The predicted molar refractivity (Wildman–Crippen MR) is 117 cm³/mol. The third-order valence-electron chi connectivity index (χ3n) is 5.70. The molecule has 1 aromatic carbocycles. The van der Waals surface area contributed by atoms with Crippen molar-refractivity contribution in [2.24, 2.45) is 0 Å². The highest BCUT2D eigenvalue weighted by Gasteiger charge is 2.40. The number of likely N-dealkylation sites (N-methyl/N-ethyl adjacent to an activating group) is 1. The highest BCUT2D eigenvalue weighted by molar-refractivity contribution is 7.12. The number of ether oxygens (including phenoxy) is 2. The second kappa shape index (κ2) is 9.98. The fourth-order valence-electron chi connectivity index (χ4n) is 3.89. The molecule has 0 radical (unpaired) electrons. The first-order valence-corrected chi connectivity index (χ1v) is 11.2. The van der Waals surface area contributed by atoms with Crippen molar-refractivity contribution in [2.45, 2.75) is 19.9 Å². The molecule has 31 heavy (non-hydrogen) atoms. The molecule has 0 fully saturated rings. The van der Waals surface area contributed by atoms with E-state index in [1.807, 2.05) is 0 Å². The Morgan fingerprint density at radius 1 is 1.16 bits per heavy atom. The fourth-order valence-corrected chi connectivity index (χ4v) is 4.57. The van der Waals surface area contributed by atoms with Crippen molar-refractivity contribution in [3.8, 4) is 11.5 Å². The number of hydrogen-bond acceptors (Lipinski definition) is 6. The summed E-state index contributed by atoms with van der Waals surface area (Å²) in [5.74, 6) is -0.749. The average Bonchev–Trinajstić information content (AvgIpc) is 3.41. The number of amides is 1. The maximum atomic E-state index is 13.2. The summed E-state index contributed by atoms with van der Waals surface area (Å²) in [6, 6.07) is 7.90. The van der Waals surface area contributed by atoms with Gasteiger partial charge in [-0.15, -0.1) is 11.3 Å². The highest BCUT2D eigenvalue weighted by atomic mass is 32.1. The van der Waals surface area contributed by atoms with Crippen molar-refractivity contribution in [1.82, 2.24) is 4.90 Å². The number of thiophene rings is 1. The second-order valence-electron chi connectivity index (χ2n) is 7.27. The quantitative estimate of drug-likeness (QED) is 0.555. The van der Waals surface area contributed by atoms with Gasteiger partial charge in [-0.3, -0.25) is 9.59 Å². The maximum Gasteiger partial charge on any atom is 0.240 e. The van der Waals surface area contributed by atoms with Crippen LogP contribution in [0, 0.1) is 0 Å². The lowest BCUT2D eigenvalue weighted by Gasteiger charge is -2.29. The Morgan fingerprint density at radius 2 is 1.87 bits per heavy atom. The number of nitrogens with one attached hydrogen (secondary N) is 1. The number of nitrogens with zero attached hydrogens (tertiary/aromatic N) is 1. The maximum absolute atomic E-state index is 13.2. The average molecular weight is 445 g/mol. The number of rotatable bonds is 10. The molecule has 0 spiro atoms. The fraction of sp³-hybridized carbons (Fsp3) is 0.391. The first kappa shape index (κ1) is 22.8. The monoisotopic (exact) mass is 444 g/mol. The molecule has 8 heteroatoms. The van der Waals surface area contributed by atoms with Gasteiger partial charge >= 0.3 is 0 Å². The Bertz CT molecular complexity index is 966. The van der Waals surface area contributed by atoms with E-state index in [2.05, 4.69) is 13.8 Å². The van der Waals surface area contributed by atoms with Crippen LogP contribution >= 0.6 is 11.3 Å². The van der Waals surface area contributed by atoms with Gasteiger partial charge < -0.3 is 24.4 Å². The number of ketones is 1. The Balaban J connectivity index is 2.06. The molecule has 1 aliphatic heterocycles. The molecular formula is C23H28N2O5S. The topological polar surface area (TPSA) is 83.3 Å². The predicted octanol–water partition coefficient (Wildman–Crippen LogP) is 1.07. The zero-order valence-electron chi connectivity index (χ0n) is 18.3. The molecule has 2 heterocycles. The molecule has 2 aromatic rings. The molecule has 1 N–H and O–H groups in total. The van der Waals surface area contributed by atoms with E-state index in [9.17, 15) is 14.7 Å². The lowest BCUT2D eigenvalue weighted by Crippen LogP contribution is -3.12. The SMILES string of the molecule is CC[NH+](CC)CCN1C(=O)C([O-])=C(C(=O)c2cccs2)C1c1ccc(OC)c(OC)c1. The van der Waals surface area contributed by atoms with Crippen LogP contribution in [0.3, 0.4) is 0 Å². The third kappa shape index (κ3) is 4.45. The summed E-state index contributed by atoms with van der Waals surface area (Å²) in [7, 11) is 3.06. The molecule has 1 atom stereocenters. The van der Waals surface area contributed by atoms with Crippen LogP contribution in [0.5, 0.6) is 11.5 Å². The third-order valence-corrected chi connectivity index (χ3v) is 6.57. The van der Waals surface area contributed by atoms with Gasteiger partial charge in [0.2, 0.25) is 11.7 Å². The zero-order chi connectivity index (χ0) is 22.5. The number of hydrogen-bond donors (Lipinski definition) is 1. The van der Waals surface area contributed by atoms with Gasteiger partial charge in [-0.25, -0.2) is 0 Å². The van der Waals surface area contributed by atoms with Crippen LogP contribution in [-0.4, -0.2) is 57.0 Å². The Kier molecular flexibility index (Phi) is 7.35. The normalized spacial score (nSPS) is 16.4. The van der Waals surface area contributed by atoms with Crippen LogP contribution in [0.2, 0.25) is 0 Å². The number of methoxy groups -OCH3 is 2. The first-order chi connectivity index (χ1) is 15.0. The molecule has 0 bridgehead atoms. The summed E-state index contributed by atoms with van der Waals surface area (Å²) in [5, 5.41) is 14.8. The number of Topliss-reactive ketones (excluding diaryl/α,β-unsaturated/α-hetero) is 1. The number of carbonyl (C=O) groups is 2. The molecule has 166 valence electrons. The largest absolute Gasteiger partial charge is 0.868 e. The van der Waals surface area contributed by atoms with Crippen molar-refractivity contribution in [3.63, 3.8) is 0 Å². The molecule has 7 nitrogen and oxygen atoms in total. The molecule has 3 rings (SSSR count). The standard InChI is InChI=1S/C23H28N2O5S/c1-5-24(6-2)11-12-25-20(15-9-10-16(29-3)17(14-15)30-4)19(22(27)23(25)28)21(26)18-8-7-13-31-18/h7-10,13-14,20,27H,5-6,11-12H2,1-4H3. The van der Waals surface area contributed by atoms with Gasteiger partial charge in [0.25, 0.3) is 0 Å². The molecule has 1 aromatic heterocycles. The molecular weight excluding hydrogens is 416 g/mol. The first-order valence-electron chi connectivity index (χ1n) is 10.3. The van der Waals surface area contributed by atoms with Gasteiger partial charge in [0.05, 0.1) is 51.3 Å². The molecule has 1 amide bonds. The van der Waals surface area contributed by atoms with Crippen molar-refractivity contribution in [2.75, 3.05) is 40.4 Å². The van der Waals surface area contributed by atoms with E-state index in [1.165, 1.54) is 35.4 Å². The van der Waals surface area contributed by atoms with Crippen molar-refractivity contribution in [3.05, 3.63) is 57.5 Å². The van der Waals surface area contributed by atoms with E-state index in [0.717, 1.165) is 13.1 Å². The minimum absolute atomic E-state index is 0.00535. The highest BCUT2D eigenvalue weighted by Crippen LogP contribution is 2.41. The zero-order valence-corrected chi connectivity index (χ0v) is 19.1. The van der Waals surface area contributed by atoms with Gasteiger partial charge in [-0.2, -0.15) is 0 Å². The van der Waals surface area contributed by atoms with Crippen molar-refractivity contribution < 1.29 is 29.1 Å². The molecule has 0 aliphatic carbocycles. The number of carbonyl (C=O) groups excluding carboxylic acids is 2. The van der Waals surface area contributed by atoms with Crippen LogP contribution in [0.4, 0.5) is 0 Å². The lowest BCUT2D eigenvalue weighted by molar-refractivity contribution is -0.895. The van der Waals surface area contributed by atoms with Crippen molar-refractivity contribution in [1.29, 1.82) is 0 Å². The summed E-state index contributed by atoms with van der Waals surface area (Å²) in [4.78, 5) is 29.5. The molecule has 1 unspecified atom stereocenters. The van der Waals surface area contributed by atoms with Gasteiger partial charge in [-0.1, -0.05) is 12.1 Å². The van der Waals surface area contributed by atoms with Crippen molar-refractivity contribution >= 4 is 23.0 Å². The van der Waals surface area contributed by atoms with E-state index < -0.39 is 23.5 Å². The number of benzene rings is 1. The van der Waals surface area contributed by atoms with Gasteiger partial charge in [0, 0.05) is 5.57 Å². The summed E-state index contributed by atoms with van der Waals surface area (Å²) in [6.07, 6.45) is 0. The van der Waals surface area contributed by atoms with Gasteiger partial charge in [0.1, 0.15) is 0 Å². The molecule has 1 aliphatic rings. The molecule has 0 saturated heterocycles. The Labute approximate surface area is 186 Å². The minimum atomic E-state index is -0.760. The van der Waals surface area contributed by atoms with E-state index in [-0.39, 0.29) is 5.57 Å². The van der Waals surface area contributed by atoms with E-state index in [0.29, 0.717) is 35.0 Å². The van der Waals surface area contributed by atoms with Crippen LogP contribution in [0.15, 0.2) is 47.0 Å². The van der Waals surface area contributed by atoms with E-state index in [4.69, 9.17) is 9.47 Å². The second-order valence-corrected chi connectivity index (χ2v) is 8.22. The summed E-state index contributed by atoms with van der Waals surface area (Å²) in [6.45, 7) is 7.06. The number of quaternary nitrogens is 1. The van der Waals surface area contributed by atoms with E-state index in [1.54, 1.807) is 35.7 Å². The minimum Gasteiger partial charge on any atom is -0.868 e. The van der Waals surface area contributed by atoms with E-state index >= 15 is 0 Å². The summed E-state index contributed by atoms with van der Waals surface area (Å²) >= 11 is 1.26. The summed E-state index contributed by atoms with van der Waals surface area (Å²) in [5.41, 5.74) is 0.639. The smallest absolute Gasteiger partial charge is 0.240 e. The van der Waals surface area contributed by atoms with Crippen LogP contribution in [-0.2, 0) is 4.79 Å². The van der Waals surface area contributed by atoms with Crippen LogP contribution < -0.4 is 19.5 Å². The lowest BCUT2D eigenvalue weighted by atomic mass is 9.95. The Morgan fingerprint density at radius 3 is 2.45 bits per heavy atom. The van der Waals surface area contributed by atoms with Gasteiger partial charge in [-0.05, 0) is 48.7 Å². The molecule has 0 saturated carbocycles.